The van der Waals surface area contributed by atoms with E-state index in [0.29, 0.717) is 31.6 Å². The van der Waals surface area contributed by atoms with E-state index >= 15 is 0 Å². The summed E-state index contributed by atoms with van der Waals surface area (Å²) in [6.07, 6.45) is 3.91. The Hall–Kier alpha value is -2.52. The zero-order valence-corrected chi connectivity index (χ0v) is 17.0. The molecule has 4 rings (SSSR count). The summed E-state index contributed by atoms with van der Waals surface area (Å²) in [5.74, 6) is -0.147. The second-order valence-corrected chi connectivity index (χ2v) is 9.74. The van der Waals surface area contributed by atoms with Crippen molar-refractivity contribution in [2.75, 3.05) is 13.1 Å². The molecule has 0 aliphatic carbocycles. The van der Waals surface area contributed by atoms with Crippen LogP contribution in [-0.2, 0) is 16.9 Å². The van der Waals surface area contributed by atoms with Gasteiger partial charge in [0.1, 0.15) is 10.7 Å². The first-order chi connectivity index (χ1) is 13.5. The minimum Gasteiger partial charge on any atom is -0.337 e. The predicted molar refractivity (Wildman–Crippen MR) is 107 cm³/mol. The molecule has 1 aromatic carbocycles. The molecule has 0 spiro atoms. The van der Waals surface area contributed by atoms with Crippen molar-refractivity contribution < 1.29 is 13.2 Å². The first-order valence-corrected chi connectivity index (χ1v) is 11.4. The largest absolute Gasteiger partial charge is 0.337 e. The van der Waals surface area contributed by atoms with Gasteiger partial charge in [-0.1, -0.05) is 30.3 Å². The topological polar surface area (TPSA) is 85.2 Å². The van der Waals surface area contributed by atoms with Crippen LogP contribution in [0.3, 0.4) is 0 Å². The van der Waals surface area contributed by atoms with Crippen molar-refractivity contribution in [2.24, 2.45) is 7.05 Å². The molecule has 0 unspecified atom stereocenters. The number of hydrogen-bond acceptors (Lipinski definition) is 6. The molecular weight excluding hydrogens is 396 g/mol. The summed E-state index contributed by atoms with van der Waals surface area (Å²) in [6, 6.07) is 9.73. The van der Waals surface area contributed by atoms with Crippen molar-refractivity contribution in [3.63, 3.8) is 0 Å². The van der Waals surface area contributed by atoms with Crippen LogP contribution in [0.4, 0.5) is 0 Å². The van der Waals surface area contributed by atoms with Crippen molar-refractivity contribution >= 4 is 27.1 Å². The summed E-state index contributed by atoms with van der Waals surface area (Å²) in [6.45, 7) is 0.788. The Balaban J connectivity index is 1.44. The van der Waals surface area contributed by atoms with Gasteiger partial charge in [0.05, 0.1) is 5.25 Å². The van der Waals surface area contributed by atoms with E-state index in [1.165, 1.54) is 22.1 Å². The average Bonchev–Trinajstić information content (AvgIpc) is 3.38. The molecule has 146 valence electrons. The van der Waals surface area contributed by atoms with Gasteiger partial charge in [-0.2, -0.15) is 0 Å². The third-order valence-corrected chi connectivity index (χ3v) is 8.09. The molecule has 0 saturated carbocycles. The van der Waals surface area contributed by atoms with Crippen molar-refractivity contribution in [1.29, 1.82) is 0 Å². The fourth-order valence-electron chi connectivity index (χ4n) is 3.39. The smallest absolute Gasteiger partial charge is 0.273 e. The van der Waals surface area contributed by atoms with Gasteiger partial charge in [-0.25, -0.2) is 18.4 Å². The molecule has 1 saturated heterocycles. The van der Waals surface area contributed by atoms with Crippen LogP contribution in [0.5, 0.6) is 0 Å². The number of rotatable bonds is 4. The minimum absolute atomic E-state index is 0.0873. The third kappa shape index (κ3) is 3.47. The van der Waals surface area contributed by atoms with Gasteiger partial charge in [0.2, 0.25) is 15.0 Å². The summed E-state index contributed by atoms with van der Waals surface area (Å²) in [7, 11) is -1.82. The van der Waals surface area contributed by atoms with Crippen LogP contribution < -0.4 is 0 Å². The lowest BCUT2D eigenvalue weighted by molar-refractivity contribution is 0.0720. The van der Waals surface area contributed by atoms with Crippen molar-refractivity contribution in [1.82, 2.24) is 19.4 Å². The number of amides is 1. The fraction of sp³-hybridized carbons (Fsp3) is 0.316. The van der Waals surface area contributed by atoms with E-state index in [1.54, 1.807) is 23.5 Å². The van der Waals surface area contributed by atoms with Crippen molar-refractivity contribution in [3.8, 4) is 10.6 Å². The van der Waals surface area contributed by atoms with Crippen LogP contribution in [0.1, 0.15) is 23.3 Å². The van der Waals surface area contributed by atoms with E-state index in [0.717, 1.165) is 10.6 Å². The molecule has 1 amide bonds. The second kappa shape index (κ2) is 7.48. The molecule has 28 heavy (non-hydrogen) atoms. The van der Waals surface area contributed by atoms with E-state index in [9.17, 15) is 13.2 Å². The van der Waals surface area contributed by atoms with Gasteiger partial charge in [0, 0.05) is 43.5 Å². The van der Waals surface area contributed by atoms with E-state index in [4.69, 9.17) is 0 Å². The Morgan fingerprint density at radius 1 is 1.18 bits per heavy atom. The third-order valence-electron chi connectivity index (χ3n) is 4.94. The number of benzene rings is 1. The van der Waals surface area contributed by atoms with E-state index in [1.807, 2.05) is 30.3 Å². The van der Waals surface area contributed by atoms with Gasteiger partial charge in [0.15, 0.2) is 0 Å². The zero-order chi connectivity index (χ0) is 19.7. The Bertz CT molecular complexity index is 1080. The molecule has 0 bridgehead atoms. The number of sulfone groups is 1. The van der Waals surface area contributed by atoms with E-state index < -0.39 is 15.1 Å². The molecule has 7 nitrogen and oxygen atoms in total. The molecule has 3 aromatic rings. The standard InChI is InChI=1S/C19H20N4O3S2/c1-22-12-9-20-19(22)28(25,26)15-7-10-23(11-8-15)18(24)16-13-27-17(21-16)14-5-3-2-4-6-14/h2-6,9,12-13,15H,7-8,10-11H2,1H3. The van der Waals surface area contributed by atoms with E-state index in [2.05, 4.69) is 9.97 Å². The van der Waals surface area contributed by atoms with Gasteiger partial charge in [-0.3, -0.25) is 4.79 Å². The number of nitrogens with zero attached hydrogens (tertiary/aromatic N) is 4. The van der Waals surface area contributed by atoms with Crippen LogP contribution in [0, 0.1) is 0 Å². The lowest BCUT2D eigenvalue weighted by atomic mass is 10.1. The Morgan fingerprint density at radius 2 is 1.89 bits per heavy atom. The highest BCUT2D eigenvalue weighted by Crippen LogP contribution is 2.27. The van der Waals surface area contributed by atoms with Gasteiger partial charge in [-0.05, 0) is 12.8 Å². The lowest BCUT2D eigenvalue weighted by Gasteiger charge is -2.31. The highest BCUT2D eigenvalue weighted by Gasteiger charge is 2.35. The zero-order valence-electron chi connectivity index (χ0n) is 15.4. The number of aryl methyl sites for hydroxylation is 1. The quantitative estimate of drug-likeness (QED) is 0.653. The predicted octanol–water partition coefficient (Wildman–Crippen LogP) is 2.62. The summed E-state index contributed by atoms with van der Waals surface area (Å²) in [5, 5.41) is 2.13. The normalized spacial score (nSPS) is 15.7. The Kier molecular flexibility index (Phi) is 5.03. The highest BCUT2D eigenvalue weighted by atomic mass is 32.2. The Labute approximate surface area is 167 Å². The number of carbonyl (C=O) groups is 1. The van der Waals surface area contributed by atoms with Crippen LogP contribution in [0.15, 0.2) is 53.3 Å². The van der Waals surface area contributed by atoms with Gasteiger partial charge in [-0.15, -0.1) is 11.3 Å². The van der Waals surface area contributed by atoms with Crippen LogP contribution in [0.25, 0.3) is 10.6 Å². The van der Waals surface area contributed by atoms with Gasteiger partial charge in [0.25, 0.3) is 5.91 Å². The number of carbonyl (C=O) groups excluding carboxylic acids is 1. The summed E-state index contributed by atoms with van der Waals surface area (Å²) >= 11 is 1.43. The first kappa shape index (κ1) is 18.8. The SMILES string of the molecule is Cn1ccnc1S(=O)(=O)C1CCN(C(=O)c2csc(-c3ccccc3)n2)CC1. The van der Waals surface area contributed by atoms with Crippen LogP contribution in [0.2, 0.25) is 0 Å². The summed E-state index contributed by atoms with van der Waals surface area (Å²) in [4.78, 5) is 22.9. The molecule has 0 N–H and O–H groups in total. The molecule has 1 fully saturated rings. The molecule has 0 atom stereocenters. The summed E-state index contributed by atoms with van der Waals surface area (Å²) < 4.78 is 27.1. The second-order valence-electron chi connectivity index (χ2n) is 6.76. The maximum atomic E-state index is 12.8. The number of piperidine rings is 1. The lowest BCUT2D eigenvalue weighted by Crippen LogP contribution is -2.43. The van der Waals surface area contributed by atoms with Crippen LogP contribution >= 0.6 is 11.3 Å². The van der Waals surface area contributed by atoms with Gasteiger partial charge < -0.3 is 9.47 Å². The number of imidazole rings is 1. The molecule has 1 aliphatic heterocycles. The number of hydrogen-bond donors (Lipinski definition) is 0. The Morgan fingerprint density at radius 3 is 2.54 bits per heavy atom. The molecule has 2 aromatic heterocycles. The molecular formula is C19H20N4O3S2. The van der Waals surface area contributed by atoms with Crippen LogP contribution in [-0.4, -0.2) is 52.1 Å². The highest BCUT2D eigenvalue weighted by molar-refractivity contribution is 7.91. The maximum absolute atomic E-state index is 12.8. The fourth-order valence-corrected chi connectivity index (χ4v) is 5.99. The first-order valence-electron chi connectivity index (χ1n) is 8.98. The molecule has 9 heteroatoms. The minimum atomic E-state index is -3.49. The molecule has 1 aliphatic rings. The van der Waals surface area contributed by atoms with E-state index in [-0.39, 0.29) is 11.1 Å². The summed E-state index contributed by atoms with van der Waals surface area (Å²) in [5.41, 5.74) is 1.39. The van der Waals surface area contributed by atoms with Crippen molar-refractivity contribution in [3.05, 3.63) is 53.8 Å². The molecule has 0 radical (unpaired) electrons. The monoisotopic (exact) mass is 416 g/mol. The number of thiazole rings is 1. The molecule has 3 heterocycles. The van der Waals surface area contributed by atoms with Gasteiger partial charge >= 0.3 is 0 Å². The maximum Gasteiger partial charge on any atom is 0.273 e. The number of aromatic nitrogens is 3. The average molecular weight is 417 g/mol. The van der Waals surface area contributed by atoms with Crippen molar-refractivity contribution in [2.45, 2.75) is 23.2 Å². The number of likely N-dealkylation sites (tertiary alicyclic amines) is 1.